The van der Waals surface area contributed by atoms with Crippen LogP contribution < -0.4 is 0 Å². The Labute approximate surface area is 151 Å². The molecule has 0 amide bonds. The van der Waals surface area contributed by atoms with E-state index in [1.807, 2.05) is 0 Å². The van der Waals surface area contributed by atoms with Gasteiger partial charge in [0.15, 0.2) is 0 Å². The molecule has 8 heteroatoms. The van der Waals surface area contributed by atoms with Gasteiger partial charge in [0.2, 0.25) is 0 Å². The van der Waals surface area contributed by atoms with Gasteiger partial charge >= 0.3 is 0 Å². The average molecular weight is 390 g/mol. The molecule has 3 aromatic carbocycles. The van der Waals surface area contributed by atoms with E-state index >= 15 is 0 Å². The molecule has 0 heterocycles. The summed E-state index contributed by atoms with van der Waals surface area (Å²) >= 11 is 0. The van der Waals surface area contributed by atoms with Crippen LogP contribution in [0.25, 0.3) is 22.3 Å². The Balaban J connectivity index is 2.54. The van der Waals surface area contributed by atoms with Gasteiger partial charge in [-0.25, -0.2) is 0 Å². The maximum atomic E-state index is 12.1. The normalized spacial score (nSPS) is 12.1. The zero-order chi connectivity index (χ0) is 18.9. The van der Waals surface area contributed by atoms with Gasteiger partial charge in [-0.1, -0.05) is 66.7 Å². The van der Waals surface area contributed by atoms with Crippen molar-refractivity contribution in [3.63, 3.8) is 0 Å². The van der Waals surface area contributed by atoms with Crippen LogP contribution in [-0.2, 0) is 20.2 Å². The Kier molecular flexibility index (Phi) is 4.68. The van der Waals surface area contributed by atoms with Crippen LogP contribution in [0.5, 0.6) is 0 Å². The molecule has 0 aliphatic heterocycles. The van der Waals surface area contributed by atoms with Gasteiger partial charge in [0.25, 0.3) is 20.2 Å². The van der Waals surface area contributed by atoms with Crippen molar-refractivity contribution in [2.75, 3.05) is 0 Å². The Morgan fingerprint density at radius 2 is 1.08 bits per heavy atom. The summed E-state index contributed by atoms with van der Waals surface area (Å²) in [4.78, 5) is -1.73. The molecule has 3 aromatic rings. The standard InChI is InChI=1S/C18H14O6S2/c19-25(20,21)16-12-11-15(13-7-3-1-4-8-13)17(18(16)26(22,23)24)14-9-5-2-6-10-14/h1-12H,(H,19,20,21)(H,22,23,24). The summed E-state index contributed by atoms with van der Waals surface area (Å²) in [7, 11) is -9.85. The molecule has 0 aromatic heterocycles. The van der Waals surface area contributed by atoms with Crippen LogP contribution in [0, 0.1) is 0 Å². The first-order chi connectivity index (χ1) is 12.2. The molecule has 0 saturated carbocycles. The summed E-state index contributed by atoms with van der Waals surface area (Å²) in [5.41, 5.74) is 1.40. The van der Waals surface area contributed by atoms with Crippen molar-refractivity contribution < 1.29 is 25.9 Å². The van der Waals surface area contributed by atoms with Gasteiger partial charge in [0.1, 0.15) is 9.79 Å². The van der Waals surface area contributed by atoms with E-state index in [1.165, 1.54) is 6.07 Å². The molecule has 0 bridgehead atoms. The summed E-state index contributed by atoms with van der Waals surface area (Å²) in [5, 5.41) is 0. The zero-order valence-corrected chi connectivity index (χ0v) is 14.9. The van der Waals surface area contributed by atoms with Gasteiger partial charge in [-0.05, 0) is 22.8 Å². The van der Waals surface area contributed by atoms with Crippen LogP contribution in [0.4, 0.5) is 0 Å². The second kappa shape index (κ2) is 6.65. The van der Waals surface area contributed by atoms with Gasteiger partial charge in [-0.2, -0.15) is 16.8 Å². The fourth-order valence-electron chi connectivity index (χ4n) is 2.77. The molecule has 0 unspecified atom stereocenters. The average Bonchev–Trinajstić information content (AvgIpc) is 2.60. The van der Waals surface area contributed by atoms with E-state index in [1.54, 1.807) is 60.7 Å². The first-order valence-electron chi connectivity index (χ1n) is 7.42. The Morgan fingerprint density at radius 1 is 0.577 bits per heavy atom. The van der Waals surface area contributed by atoms with Crippen LogP contribution >= 0.6 is 0 Å². The van der Waals surface area contributed by atoms with E-state index in [2.05, 4.69) is 0 Å². The first kappa shape index (κ1) is 18.3. The van der Waals surface area contributed by atoms with Gasteiger partial charge < -0.3 is 0 Å². The highest BCUT2D eigenvalue weighted by Gasteiger charge is 2.30. The summed E-state index contributed by atoms with van der Waals surface area (Å²) in [6, 6.07) is 19.3. The molecule has 0 aliphatic carbocycles. The van der Waals surface area contributed by atoms with E-state index in [-0.39, 0.29) is 5.56 Å². The summed E-state index contributed by atoms with van der Waals surface area (Å²) in [5.74, 6) is 0. The summed E-state index contributed by atoms with van der Waals surface area (Å²) < 4.78 is 66.7. The van der Waals surface area contributed by atoms with Crippen molar-refractivity contribution in [2.45, 2.75) is 9.79 Å². The van der Waals surface area contributed by atoms with Gasteiger partial charge in [0.05, 0.1) is 0 Å². The predicted molar refractivity (Wildman–Crippen MR) is 96.9 cm³/mol. The predicted octanol–water partition coefficient (Wildman–Crippen LogP) is 3.51. The summed E-state index contributed by atoms with van der Waals surface area (Å²) in [6.07, 6.45) is 0. The molecule has 3 rings (SSSR count). The Morgan fingerprint density at radius 3 is 1.54 bits per heavy atom. The van der Waals surface area contributed by atoms with Crippen molar-refractivity contribution >= 4 is 20.2 Å². The highest BCUT2D eigenvalue weighted by atomic mass is 32.2. The molecule has 0 fully saturated rings. The Hall–Kier alpha value is -2.52. The quantitative estimate of drug-likeness (QED) is 0.660. The maximum absolute atomic E-state index is 12.1. The SMILES string of the molecule is O=S(=O)(O)c1ccc(-c2ccccc2)c(-c2ccccc2)c1S(=O)(=O)O. The molecule has 0 aliphatic rings. The third-order valence-electron chi connectivity index (χ3n) is 3.80. The Bertz CT molecular complexity index is 1150. The lowest BCUT2D eigenvalue weighted by molar-refractivity contribution is 0.467. The van der Waals surface area contributed by atoms with Crippen LogP contribution in [0.15, 0.2) is 82.6 Å². The number of benzene rings is 3. The monoisotopic (exact) mass is 390 g/mol. The van der Waals surface area contributed by atoms with E-state index in [4.69, 9.17) is 0 Å². The maximum Gasteiger partial charge on any atom is 0.296 e. The largest absolute Gasteiger partial charge is 0.296 e. The van der Waals surface area contributed by atoms with Crippen molar-refractivity contribution in [3.05, 3.63) is 72.8 Å². The van der Waals surface area contributed by atoms with Crippen molar-refractivity contribution in [1.29, 1.82) is 0 Å². The van der Waals surface area contributed by atoms with Gasteiger partial charge in [0, 0.05) is 5.56 Å². The molecule has 0 atom stereocenters. The lowest BCUT2D eigenvalue weighted by atomic mass is 9.94. The fraction of sp³-hybridized carbons (Fsp3) is 0. The number of hydrogen-bond acceptors (Lipinski definition) is 4. The molecular weight excluding hydrogens is 376 g/mol. The van der Waals surface area contributed by atoms with Gasteiger partial charge in [-0.3, -0.25) is 9.11 Å². The molecule has 0 radical (unpaired) electrons. The minimum Gasteiger partial charge on any atom is -0.282 e. The van der Waals surface area contributed by atoms with E-state index in [0.29, 0.717) is 16.7 Å². The number of hydrogen-bond donors (Lipinski definition) is 2. The molecule has 2 N–H and O–H groups in total. The highest BCUT2D eigenvalue weighted by molar-refractivity contribution is 7.89. The van der Waals surface area contributed by atoms with E-state index < -0.39 is 30.0 Å². The lowest BCUT2D eigenvalue weighted by Gasteiger charge is -2.16. The molecule has 134 valence electrons. The smallest absolute Gasteiger partial charge is 0.282 e. The summed E-state index contributed by atoms with van der Waals surface area (Å²) in [6.45, 7) is 0. The second-order valence-electron chi connectivity index (χ2n) is 5.50. The van der Waals surface area contributed by atoms with E-state index in [9.17, 15) is 25.9 Å². The minimum atomic E-state index is -4.97. The van der Waals surface area contributed by atoms with Crippen LogP contribution in [-0.4, -0.2) is 25.9 Å². The fourth-order valence-corrected chi connectivity index (χ4v) is 4.79. The van der Waals surface area contributed by atoms with Crippen molar-refractivity contribution in [3.8, 4) is 22.3 Å². The van der Waals surface area contributed by atoms with Crippen LogP contribution in [0.2, 0.25) is 0 Å². The topological polar surface area (TPSA) is 109 Å². The molecular formula is C18H14O6S2. The van der Waals surface area contributed by atoms with Gasteiger partial charge in [-0.15, -0.1) is 0 Å². The van der Waals surface area contributed by atoms with Crippen LogP contribution in [0.1, 0.15) is 0 Å². The first-order valence-corrected chi connectivity index (χ1v) is 10.3. The highest BCUT2D eigenvalue weighted by Crippen LogP contribution is 2.40. The van der Waals surface area contributed by atoms with Crippen molar-refractivity contribution in [1.82, 2.24) is 0 Å². The third kappa shape index (κ3) is 3.54. The second-order valence-corrected chi connectivity index (χ2v) is 8.25. The third-order valence-corrected chi connectivity index (χ3v) is 5.77. The van der Waals surface area contributed by atoms with Crippen LogP contribution in [0.3, 0.4) is 0 Å². The molecule has 0 spiro atoms. The number of rotatable bonds is 4. The lowest BCUT2D eigenvalue weighted by Crippen LogP contribution is -2.11. The van der Waals surface area contributed by atoms with E-state index in [0.717, 1.165) is 6.07 Å². The zero-order valence-electron chi connectivity index (χ0n) is 13.3. The van der Waals surface area contributed by atoms with Crippen molar-refractivity contribution in [2.24, 2.45) is 0 Å². The molecule has 6 nitrogen and oxygen atoms in total. The molecule has 26 heavy (non-hydrogen) atoms. The minimum absolute atomic E-state index is 0.00516. The molecule has 0 saturated heterocycles.